The van der Waals surface area contributed by atoms with E-state index >= 15 is 0 Å². The van der Waals surface area contributed by atoms with E-state index in [-0.39, 0.29) is 22.8 Å². The van der Waals surface area contributed by atoms with Crippen LogP contribution in [0.1, 0.15) is 30.7 Å². The van der Waals surface area contributed by atoms with Crippen LogP contribution in [0.5, 0.6) is 0 Å². The average molecular weight is 526 g/mol. The summed E-state index contributed by atoms with van der Waals surface area (Å²) in [4.78, 5) is 16.0. The fourth-order valence-electron chi connectivity index (χ4n) is 3.48. The lowest BCUT2D eigenvalue weighted by molar-refractivity contribution is -0.157. The van der Waals surface area contributed by atoms with Gasteiger partial charge in [0.05, 0.1) is 22.7 Å². The Labute approximate surface area is 206 Å². The number of aromatic nitrogens is 1. The third-order valence-corrected chi connectivity index (χ3v) is 5.29. The molecule has 1 atom stereocenters. The zero-order chi connectivity index (χ0) is 27.0. The van der Waals surface area contributed by atoms with Crippen LogP contribution in [-0.2, 0) is 21.9 Å². The van der Waals surface area contributed by atoms with Gasteiger partial charge in [-0.1, -0.05) is 13.8 Å². The second-order valence-corrected chi connectivity index (χ2v) is 8.32. The number of carbonyl (C=O) groups excluding carboxylic acids is 1. The number of hydrogen-bond donors (Lipinski definition) is 1. The summed E-state index contributed by atoms with van der Waals surface area (Å²) < 4.78 is 84.8. The van der Waals surface area contributed by atoms with Crippen molar-refractivity contribution in [1.82, 2.24) is 15.0 Å². The monoisotopic (exact) mass is 526 g/mol. The lowest BCUT2D eigenvalue weighted by atomic mass is 10.1. The van der Waals surface area contributed by atoms with Gasteiger partial charge in [-0.05, 0) is 42.5 Å². The van der Waals surface area contributed by atoms with Crippen LogP contribution < -0.4 is 5.32 Å². The molecule has 1 N–H and O–H groups in total. The van der Waals surface area contributed by atoms with Gasteiger partial charge in [0.1, 0.15) is 0 Å². The first kappa shape index (κ1) is 26.0. The maximum Gasteiger partial charge on any atom is 0.418 e. The summed E-state index contributed by atoms with van der Waals surface area (Å²) >= 11 is 0. The van der Waals surface area contributed by atoms with Crippen LogP contribution in [0.25, 0.3) is 5.57 Å². The van der Waals surface area contributed by atoms with Gasteiger partial charge in [-0.2, -0.15) is 26.3 Å². The topological polar surface area (TPSA) is 82.4 Å². The average Bonchev–Trinajstić information content (AvgIpc) is 3.24. The number of ether oxygens (including phenoxy) is 1. The number of hydrogen-bond acceptors (Lipinski definition) is 8. The molecule has 4 rings (SSSR count). The zero-order valence-corrected chi connectivity index (χ0v) is 19.4. The summed E-state index contributed by atoms with van der Waals surface area (Å²) in [5.74, 6) is -0.925. The molecule has 2 aromatic rings. The molecule has 0 saturated heterocycles. The first-order valence-electron chi connectivity index (χ1n) is 10.9. The Kier molecular flexibility index (Phi) is 6.84. The van der Waals surface area contributed by atoms with E-state index in [0.29, 0.717) is 0 Å². The molecular formula is C23H20F6N6O2. The van der Waals surface area contributed by atoms with Crippen LogP contribution in [0, 0.1) is 5.92 Å². The van der Waals surface area contributed by atoms with Crippen molar-refractivity contribution in [3.8, 4) is 0 Å². The van der Waals surface area contributed by atoms with Crippen LogP contribution >= 0.6 is 0 Å². The highest BCUT2D eigenvalue weighted by Gasteiger charge is 2.38. The van der Waals surface area contributed by atoms with Crippen LogP contribution in [0.2, 0.25) is 0 Å². The van der Waals surface area contributed by atoms with E-state index in [1.807, 2.05) is 0 Å². The number of halogens is 6. The molecule has 196 valence electrons. The Hall–Kier alpha value is -4.10. The lowest BCUT2D eigenvalue weighted by Gasteiger charge is -2.37. The Balaban J connectivity index is 1.65. The number of alkyl halides is 6. The number of esters is 1. The highest BCUT2D eigenvalue weighted by atomic mass is 19.4. The minimum Gasteiger partial charge on any atom is -0.442 e. The minimum atomic E-state index is -4.68. The van der Waals surface area contributed by atoms with Gasteiger partial charge in [-0.3, -0.25) is 14.8 Å². The fourth-order valence-corrected chi connectivity index (χ4v) is 3.48. The summed E-state index contributed by atoms with van der Waals surface area (Å²) in [6, 6.07) is 6.25. The van der Waals surface area contributed by atoms with E-state index < -0.39 is 48.4 Å². The number of fused-ring (bicyclic) bond motifs is 1. The van der Waals surface area contributed by atoms with Crippen molar-refractivity contribution < 1.29 is 35.9 Å². The van der Waals surface area contributed by atoms with Gasteiger partial charge < -0.3 is 10.1 Å². The van der Waals surface area contributed by atoms with Gasteiger partial charge in [0.2, 0.25) is 6.29 Å². The molecule has 14 heteroatoms. The van der Waals surface area contributed by atoms with Crippen molar-refractivity contribution in [2.75, 3.05) is 12.0 Å². The summed E-state index contributed by atoms with van der Waals surface area (Å²) in [5, 5.41) is 13.6. The van der Waals surface area contributed by atoms with Crippen molar-refractivity contribution in [3.63, 3.8) is 0 Å². The number of benzene rings is 1. The van der Waals surface area contributed by atoms with E-state index in [1.54, 1.807) is 13.8 Å². The number of pyridine rings is 1. The highest BCUT2D eigenvalue weighted by molar-refractivity contribution is 5.75. The second kappa shape index (κ2) is 9.75. The van der Waals surface area contributed by atoms with Gasteiger partial charge in [-0.15, -0.1) is 10.2 Å². The smallest absolute Gasteiger partial charge is 0.418 e. The summed E-state index contributed by atoms with van der Waals surface area (Å²) in [6.45, 7) is 2.83. The number of rotatable bonds is 6. The van der Waals surface area contributed by atoms with Crippen molar-refractivity contribution >= 4 is 17.2 Å². The molecule has 1 aromatic heterocycles. The summed E-state index contributed by atoms with van der Waals surface area (Å²) in [7, 11) is 0. The van der Waals surface area contributed by atoms with Crippen molar-refractivity contribution in [3.05, 3.63) is 77.5 Å². The second-order valence-electron chi connectivity index (χ2n) is 8.32. The molecular weight excluding hydrogens is 506 g/mol. The number of anilines is 1. The maximum atomic E-state index is 13.6. The Morgan fingerprint density at radius 3 is 2.41 bits per heavy atom. The fraction of sp³-hybridized carbons (Fsp3) is 0.304. The lowest BCUT2D eigenvalue weighted by Crippen LogP contribution is -2.48. The molecule has 2 aliphatic rings. The molecule has 0 fully saturated rings. The zero-order valence-electron chi connectivity index (χ0n) is 19.4. The van der Waals surface area contributed by atoms with Gasteiger partial charge in [0, 0.05) is 23.7 Å². The molecule has 3 heterocycles. The largest absolute Gasteiger partial charge is 0.442 e. The van der Waals surface area contributed by atoms with E-state index in [1.165, 1.54) is 40.6 Å². The number of carbonyl (C=O) groups is 1. The van der Waals surface area contributed by atoms with Crippen LogP contribution in [0.3, 0.4) is 0 Å². The Morgan fingerprint density at radius 2 is 1.78 bits per heavy atom. The van der Waals surface area contributed by atoms with Gasteiger partial charge in [-0.25, -0.2) is 5.01 Å². The van der Waals surface area contributed by atoms with Crippen molar-refractivity contribution in [2.24, 2.45) is 16.1 Å². The molecule has 0 aliphatic carbocycles. The van der Waals surface area contributed by atoms with Crippen LogP contribution in [0.4, 0.5) is 32.0 Å². The van der Waals surface area contributed by atoms with Gasteiger partial charge >= 0.3 is 18.3 Å². The third-order valence-electron chi connectivity index (χ3n) is 5.29. The van der Waals surface area contributed by atoms with Gasteiger partial charge in [0.15, 0.2) is 12.6 Å². The van der Waals surface area contributed by atoms with Crippen LogP contribution in [-0.4, -0.2) is 34.0 Å². The molecule has 0 amide bonds. The predicted octanol–water partition coefficient (Wildman–Crippen LogP) is 5.85. The van der Waals surface area contributed by atoms with E-state index in [4.69, 9.17) is 4.74 Å². The number of nitrogens with one attached hydrogen (secondary N) is 1. The number of hydrazine groups is 1. The first-order valence-corrected chi connectivity index (χ1v) is 10.9. The number of azo groups is 1. The number of allylic oxidation sites excluding steroid dienone is 2. The molecule has 0 spiro atoms. The van der Waals surface area contributed by atoms with Crippen molar-refractivity contribution in [1.29, 1.82) is 0 Å². The normalized spacial score (nSPS) is 17.5. The molecule has 37 heavy (non-hydrogen) atoms. The van der Waals surface area contributed by atoms with E-state index in [9.17, 15) is 31.1 Å². The minimum absolute atomic E-state index is 0.0360. The molecule has 0 radical (unpaired) electrons. The molecule has 0 bridgehead atoms. The van der Waals surface area contributed by atoms with E-state index in [2.05, 4.69) is 20.5 Å². The van der Waals surface area contributed by atoms with Crippen LogP contribution in [0.15, 0.2) is 70.9 Å². The Morgan fingerprint density at radius 1 is 1.08 bits per heavy atom. The third kappa shape index (κ3) is 5.67. The molecule has 8 nitrogen and oxygen atoms in total. The predicted molar refractivity (Wildman–Crippen MR) is 118 cm³/mol. The standard InChI is InChI=1S/C23H20F6N6O2/c1-13(2)20(36)37-12-34-11-14(19-17(23(27,28)29)4-3-9-30-19)10-18-32-33-21(35(18)34)31-16-7-5-15(6-8-16)22(24,25)26/h3-11,13,21,31H,12H2,1-2H3. The molecule has 2 aliphatic heterocycles. The molecule has 1 aromatic carbocycles. The van der Waals surface area contributed by atoms with E-state index in [0.717, 1.165) is 24.3 Å². The Bertz CT molecular complexity index is 1250. The van der Waals surface area contributed by atoms with Gasteiger partial charge in [0.25, 0.3) is 0 Å². The summed E-state index contributed by atoms with van der Waals surface area (Å²) in [5.41, 5.74) is -1.86. The maximum absolute atomic E-state index is 13.6. The SMILES string of the molecule is CC(C)C(=O)OCN1C=C(c2ncccc2C(F)(F)F)C=C2N=NC(Nc3ccc(C(F)(F)F)cc3)N21. The highest BCUT2D eigenvalue weighted by Crippen LogP contribution is 2.38. The molecule has 1 unspecified atom stereocenters. The quantitative estimate of drug-likeness (QED) is 0.376. The number of nitrogens with zero attached hydrogens (tertiary/aromatic N) is 5. The molecule has 0 saturated carbocycles. The first-order chi connectivity index (χ1) is 17.3. The van der Waals surface area contributed by atoms with Crippen molar-refractivity contribution in [2.45, 2.75) is 32.5 Å². The summed E-state index contributed by atoms with van der Waals surface area (Å²) in [6.07, 6.45) is -6.34.